The van der Waals surface area contributed by atoms with E-state index in [1.807, 2.05) is 7.05 Å². The number of carbonyl (C=O) groups is 1. The van der Waals surface area contributed by atoms with E-state index in [0.29, 0.717) is 6.04 Å². The molecule has 0 bridgehead atoms. The molecule has 2 atom stereocenters. The predicted molar refractivity (Wildman–Crippen MR) is 55.1 cm³/mol. The summed E-state index contributed by atoms with van der Waals surface area (Å²) in [6.45, 7) is 0.180. The smallest absolute Gasteiger partial charge is 0.245 e. The normalized spacial score (nSPS) is 27.3. The molecule has 1 rings (SSSR count). The van der Waals surface area contributed by atoms with Gasteiger partial charge >= 0.3 is 0 Å². The van der Waals surface area contributed by atoms with Crippen molar-refractivity contribution in [1.29, 1.82) is 0 Å². The molecule has 0 saturated heterocycles. The van der Waals surface area contributed by atoms with Crippen LogP contribution in [0.3, 0.4) is 0 Å². The van der Waals surface area contributed by atoms with Crippen LogP contribution in [-0.2, 0) is 9.53 Å². The van der Waals surface area contributed by atoms with Gasteiger partial charge in [0.05, 0.1) is 6.10 Å². The largest absolute Gasteiger partial charge is 0.367 e. The maximum absolute atomic E-state index is 11.0. The maximum Gasteiger partial charge on any atom is 0.245 e. The SMILES string of the molecule is CNC(=O)COC1CCCCC1NC. The van der Waals surface area contributed by atoms with Gasteiger partial charge in [0, 0.05) is 13.1 Å². The summed E-state index contributed by atoms with van der Waals surface area (Å²) in [6.07, 6.45) is 4.87. The number of hydrogen-bond donors (Lipinski definition) is 2. The van der Waals surface area contributed by atoms with Crippen molar-refractivity contribution in [3.8, 4) is 0 Å². The molecule has 4 heteroatoms. The molecule has 4 nitrogen and oxygen atoms in total. The number of nitrogens with one attached hydrogen (secondary N) is 2. The second-order valence-electron chi connectivity index (χ2n) is 3.70. The van der Waals surface area contributed by atoms with Crippen LogP contribution in [0.25, 0.3) is 0 Å². The van der Waals surface area contributed by atoms with Gasteiger partial charge in [0.25, 0.3) is 0 Å². The highest BCUT2D eigenvalue weighted by atomic mass is 16.5. The van der Waals surface area contributed by atoms with Crippen LogP contribution in [0, 0.1) is 0 Å². The van der Waals surface area contributed by atoms with Crippen LogP contribution >= 0.6 is 0 Å². The third-order valence-corrected chi connectivity index (χ3v) is 2.78. The number of rotatable bonds is 4. The molecule has 0 aromatic carbocycles. The van der Waals surface area contributed by atoms with Crippen molar-refractivity contribution >= 4 is 5.91 Å². The minimum Gasteiger partial charge on any atom is -0.367 e. The van der Waals surface area contributed by atoms with Gasteiger partial charge in [0.1, 0.15) is 6.61 Å². The van der Waals surface area contributed by atoms with Crippen molar-refractivity contribution in [2.75, 3.05) is 20.7 Å². The van der Waals surface area contributed by atoms with Gasteiger partial charge in [-0.25, -0.2) is 0 Å². The summed E-state index contributed by atoms with van der Waals surface area (Å²) in [4.78, 5) is 11.0. The fraction of sp³-hybridized carbons (Fsp3) is 0.900. The van der Waals surface area contributed by atoms with Crippen LogP contribution in [0.15, 0.2) is 0 Å². The molecule has 1 fully saturated rings. The van der Waals surface area contributed by atoms with E-state index in [1.165, 1.54) is 12.8 Å². The number of amides is 1. The summed E-state index contributed by atoms with van der Waals surface area (Å²) in [7, 11) is 3.58. The lowest BCUT2D eigenvalue weighted by molar-refractivity contribution is -0.128. The first kappa shape index (κ1) is 11.5. The number of hydrogen-bond acceptors (Lipinski definition) is 3. The third kappa shape index (κ3) is 3.27. The quantitative estimate of drug-likeness (QED) is 0.685. The van der Waals surface area contributed by atoms with Crippen molar-refractivity contribution in [2.24, 2.45) is 0 Å². The lowest BCUT2D eigenvalue weighted by Gasteiger charge is -2.30. The molecule has 0 spiro atoms. The van der Waals surface area contributed by atoms with Gasteiger partial charge in [0.15, 0.2) is 0 Å². The fourth-order valence-electron chi connectivity index (χ4n) is 1.88. The molecule has 2 unspecified atom stereocenters. The summed E-state index contributed by atoms with van der Waals surface area (Å²) >= 11 is 0. The van der Waals surface area contributed by atoms with Crippen LogP contribution in [0.5, 0.6) is 0 Å². The van der Waals surface area contributed by atoms with Crippen molar-refractivity contribution < 1.29 is 9.53 Å². The molecule has 82 valence electrons. The Kier molecular flexibility index (Phi) is 4.90. The minimum atomic E-state index is -0.0505. The van der Waals surface area contributed by atoms with Gasteiger partial charge in [0.2, 0.25) is 5.91 Å². The monoisotopic (exact) mass is 200 g/mol. The van der Waals surface area contributed by atoms with Crippen molar-refractivity contribution in [3.05, 3.63) is 0 Å². The number of ether oxygens (including phenoxy) is 1. The van der Waals surface area contributed by atoms with Crippen LogP contribution < -0.4 is 10.6 Å². The first-order chi connectivity index (χ1) is 6.77. The summed E-state index contributed by atoms with van der Waals surface area (Å²) in [5, 5.41) is 5.79. The highest BCUT2D eigenvalue weighted by molar-refractivity contribution is 5.76. The Morgan fingerprint density at radius 3 is 2.71 bits per heavy atom. The Labute approximate surface area is 85.4 Å². The van der Waals surface area contributed by atoms with Gasteiger partial charge < -0.3 is 15.4 Å². The molecular weight excluding hydrogens is 180 g/mol. The molecule has 1 saturated carbocycles. The zero-order chi connectivity index (χ0) is 10.4. The zero-order valence-corrected chi connectivity index (χ0v) is 9.01. The van der Waals surface area contributed by atoms with Crippen molar-refractivity contribution in [3.63, 3.8) is 0 Å². The van der Waals surface area contributed by atoms with Gasteiger partial charge in [-0.05, 0) is 19.9 Å². The van der Waals surface area contributed by atoms with E-state index in [2.05, 4.69) is 10.6 Å². The molecule has 1 aliphatic rings. The van der Waals surface area contributed by atoms with Crippen LogP contribution in [0.4, 0.5) is 0 Å². The Hall–Kier alpha value is -0.610. The molecule has 0 aromatic rings. The van der Waals surface area contributed by atoms with Crippen molar-refractivity contribution in [2.45, 2.75) is 37.8 Å². The number of likely N-dealkylation sites (N-methyl/N-ethyl adjacent to an activating group) is 2. The topological polar surface area (TPSA) is 50.4 Å². The van der Waals surface area contributed by atoms with E-state index < -0.39 is 0 Å². The fourth-order valence-corrected chi connectivity index (χ4v) is 1.88. The standard InChI is InChI=1S/C10H20N2O2/c1-11-8-5-3-4-6-9(8)14-7-10(13)12-2/h8-9,11H,3-7H2,1-2H3,(H,12,13). The lowest BCUT2D eigenvalue weighted by Crippen LogP contribution is -2.43. The first-order valence-corrected chi connectivity index (χ1v) is 5.27. The second kappa shape index (κ2) is 5.98. The van der Waals surface area contributed by atoms with Crippen LogP contribution in [-0.4, -0.2) is 38.8 Å². The van der Waals surface area contributed by atoms with Gasteiger partial charge in [-0.1, -0.05) is 12.8 Å². The molecule has 0 aliphatic heterocycles. The summed E-state index contributed by atoms with van der Waals surface area (Å²) in [6, 6.07) is 0.411. The maximum atomic E-state index is 11.0. The van der Waals surface area contributed by atoms with E-state index in [-0.39, 0.29) is 18.6 Å². The van der Waals surface area contributed by atoms with Crippen molar-refractivity contribution in [1.82, 2.24) is 10.6 Å². The zero-order valence-electron chi connectivity index (χ0n) is 9.01. The van der Waals surface area contributed by atoms with Crippen LogP contribution in [0.1, 0.15) is 25.7 Å². The Bertz CT molecular complexity index is 185. The molecule has 0 heterocycles. The predicted octanol–water partition coefficient (Wildman–Crippen LogP) is 0.280. The first-order valence-electron chi connectivity index (χ1n) is 5.27. The lowest BCUT2D eigenvalue weighted by atomic mass is 9.92. The number of carbonyl (C=O) groups excluding carboxylic acids is 1. The summed E-state index contributed by atoms with van der Waals surface area (Å²) in [5.41, 5.74) is 0. The van der Waals surface area contributed by atoms with E-state index >= 15 is 0 Å². The van der Waals surface area contributed by atoms with E-state index in [1.54, 1.807) is 7.05 Å². The molecule has 1 aliphatic carbocycles. The van der Waals surface area contributed by atoms with Gasteiger partial charge in [-0.15, -0.1) is 0 Å². The molecular formula is C10H20N2O2. The average molecular weight is 200 g/mol. The van der Waals surface area contributed by atoms with E-state index in [4.69, 9.17) is 4.74 Å². The molecule has 14 heavy (non-hydrogen) atoms. The van der Waals surface area contributed by atoms with Gasteiger partial charge in [-0.3, -0.25) is 4.79 Å². The highest BCUT2D eigenvalue weighted by Gasteiger charge is 2.24. The van der Waals surface area contributed by atoms with Gasteiger partial charge in [-0.2, -0.15) is 0 Å². The molecule has 0 aromatic heterocycles. The molecule has 0 radical (unpaired) electrons. The average Bonchev–Trinajstić information content (AvgIpc) is 2.26. The Morgan fingerprint density at radius 2 is 2.07 bits per heavy atom. The van der Waals surface area contributed by atoms with E-state index in [9.17, 15) is 4.79 Å². The minimum absolute atomic E-state index is 0.0505. The Balaban J connectivity index is 2.29. The highest BCUT2D eigenvalue weighted by Crippen LogP contribution is 2.20. The van der Waals surface area contributed by atoms with E-state index in [0.717, 1.165) is 12.8 Å². The summed E-state index contributed by atoms with van der Waals surface area (Å²) in [5.74, 6) is -0.0505. The van der Waals surface area contributed by atoms with Crippen LogP contribution in [0.2, 0.25) is 0 Å². The molecule has 2 N–H and O–H groups in total. The Morgan fingerprint density at radius 1 is 1.36 bits per heavy atom. The summed E-state index contributed by atoms with van der Waals surface area (Å²) < 4.78 is 5.56. The second-order valence-corrected chi connectivity index (χ2v) is 3.70. The molecule has 1 amide bonds. The third-order valence-electron chi connectivity index (χ3n) is 2.78.